The van der Waals surface area contributed by atoms with Crippen molar-refractivity contribution >= 4 is 40.9 Å². The second-order valence-corrected chi connectivity index (χ2v) is 8.61. The number of piperidine rings is 1. The zero-order valence-electron chi connectivity index (χ0n) is 17.2. The molecule has 2 unspecified atom stereocenters. The molecule has 0 radical (unpaired) electrons. The second-order valence-electron chi connectivity index (χ2n) is 7.48. The number of hydrogen-bond acceptors (Lipinski definition) is 8. The summed E-state index contributed by atoms with van der Waals surface area (Å²) >= 11 is 1.52. The molecular weight excluding hydrogens is 418 g/mol. The molecule has 1 aromatic carbocycles. The van der Waals surface area contributed by atoms with Crippen molar-refractivity contribution in [3.8, 4) is 0 Å². The SMILES string of the molecule is COC1=NC=C(c2ccccc2)C2SC(NC=O)=NC12.O=C1NCC2(CCNCC2)O1. The number of nitrogens with one attached hydrogen (secondary N) is 3. The Morgan fingerprint density at radius 1 is 1.29 bits per heavy atom. The third-order valence-corrected chi connectivity index (χ3v) is 6.76. The Bertz CT molecular complexity index is 912. The quantitative estimate of drug-likeness (QED) is 0.598. The van der Waals surface area contributed by atoms with Crippen LogP contribution < -0.4 is 16.0 Å². The van der Waals surface area contributed by atoms with E-state index < -0.39 is 0 Å². The van der Waals surface area contributed by atoms with Gasteiger partial charge in [-0.2, -0.15) is 0 Å². The van der Waals surface area contributed by atoms with Crippen molar-refractivity contribution in [1.82, 2.24) is 16.0 Å². The first-order chi connectivity index (χ1) is 15.1. The molecule has 3 N–H and O–H groups in total. The maximum atomic E-state index is 10.8. The molecule has 164 valence electrons. The Labute approximate surface area is 184 Å². The van der Waals surface area contributed by atoms with Gasteiger partial charge in [0.1, 0.15) is 11.6 Å². The molecule has 2 amide bonds. The van der Waals surface area contributed by atoms with Crippen molar-refractivity contribution in [2.45, 2.75) is 29.7 Å². The number of ether oxygens (including phenoxy) is 2. The van der Waals surface area contributed by atoms with Crippen molar-refractivity contribution in [2.24, 2.45) is 9.98 Å². The van der Waals surface area contributed by atoms with Gasteiger partial charge in [-0.15, -0.1) is 0 Å². The van der Waals surface area contributed by atoms with Gasteiger partial charge < -0.3 is 25.4 Å². The van der Waals surface area contributed by atoms with E-state index in [0.29, 0.717) is 24.0 Å². The van der Waals surface area contributed by atoms with Crippen LogP contribution in [0.1, 0.15) is 18.4 Å². The van der Waals surface area contributed by atoms with Crippen LogP contribution in [0.15, 0.2) is 46.5 Å². The lowest BCUT2D eigenvalue weighted by atomic mass is 9.93. The number of thioether (sulfide) groups is 1. The smallest absolute Gasteiger partial charge is 0.407 e. The minimum absolute atomic E-state index is 0.0762. The van der Waals surface area contributed by atoms with Crippen LogP contribution in [0.4, 0.5) is 4.79 Å². The first kappa shape index (κ1) is 21.4. The third-order valence-electron chi connectivity index (χ3n) is 5.55. The molecule has 0 bridgehead atoms. The van der Waals surface area contributed by atoms with Crippen LogP contribution in [0.3, 0.4) is 0 Å². The Morgan fingerprint density at radius 3 is 2.71 bits per heavy atom. The molecule has 0 saturated carbocycles. The van der Waals surface area contributed by atoms with Crippen molar-refractivity contribution in [3.63, 3.8) is 0 Å². The van der Waals surface area contributed by atoms with Gasteiger partial charge in [-0.3, -0.25) is 4.79 Å². The van der Waals surface area contributed by atoms with Gasteiger partial charge >= 0.3 is 6.09 Å². The Hall–Kier alpha value is -2.85. The maximum Gasteiger partial charge on any atom is 0.407 e. The van der Waals surface area contributed by atoms with Gasteiger partial charge in [-0.25, -0.2) is 14.8 Å². The van der Waals surface area contributed by atoms with Crippen LogP contribution in [0.2, 0.25) is 0 Å². The molecule has 4 heterocycles. The fourth-order valence-electron chi connectivity index (χ4n) is 3.94. The molecule has 2 fully saturated rings. The molecule has 0 aromatic heterocycles. The maximum absolute atomic E-state index is 10.8. The topological polar surface area (TPSA) is 113 Å². The number of nitrogens with zero attached hydrogens (tertiary/aromatic N) is 2. The number of aliphatic imine (C=N–C) groups is 2. The van der Waals surface area contributed by atoms with E-state index >= 15 is 0 Å². The van der Waals surface area contributed by atoms with E-state index in [1.807, 2.05) is 36.5 Å². The average molecular weight is 444 g/mol. The van der Waals surface area contributed by atoms with Gasteiger partial charge in [0.15, 0.2) is 5.17 Å². The van der Waals surface area contributed by atoms with Gasteiger partial charge in [0.05, 0.1) is 18.9 Å². The molecule has 2 saturated heterocycles. The number of benzene rings is 1. The molecule has 31 heavy (non-hydrogen) atoms. The monoisotopic (exact) mass is 443 g/mol. The van der Waals surface area contributed by atoms with Gasteiger partial charge in [-0.1, -0.05) is 42.1 Å². The summed E-state index contributed by atoms with van der Waals surface area (Å²) in [5.41, 5.74) is 2.02. The molecule has 5 rings (SSSR count). The third kappa shape index (κ3) is 4.75. The number of hydrogen-bond donors (Lipinski definition) is 3. The highest BCUT2D eigenvalue weighted by Gasteiger charge is 2.41. The van der Waals surface area contributed by atoms with Crippen LogP contribution in [0.25, 0.3) is 5.57 Å². The van der Waals surface area contributed by atoms with E-state index in [1.165, 1.54) is 11.8 Å². The van der Waals surface area contributed by atoms with Gasteiger partial charge in [0.25, 0.3) is 0 Å². The molecule has 0 aliphatic carbocycles. The van der Waals surface area contributed by atoms with E-state index in [4.69, 9.17) is 9.47 Å². The minimum Gasteiger partial charge on any atom is -0.482 e. The van der Waals surface area contributed by atoms with Crippen LogP contribution in [0.5, 0.6) is 0 Å². The number of methoxy groups -OCH3 is 1. The van der Waals surface area contributed by atoms with Crippen molar-refractivity contribution < 1.29 is 19.1 Å². The molecule has 10 heteroatoms. The molecule has 2 atom stereocenters. The Kier molecular flexibility index (Phi) is 6.57. The summed E-state index contributed by atoms with van der Waals surface area (Å²) in [7, 11) is 1.59. The Morgan fingerprint density at radius 2 is 2.06 bits per heavy atom. The largest absolute Gasteiger partial charge is 0.482 e. The summed E-state index contributed by atoms with van der Waals surface area (Å²) in [6.45, 7) is 2.59. The first-order valence-corrected chi connectivity index (χ1v) is 11.0. The molecule has 4 aliphatic rings. The number of carbonyl (C=O) groups is 2. The number of rotatable bonds is 2. The van der Waals surface area contributed by atoms with Crippen molar-refractivity contribution in [1.29, 1.82) is 0 Å². The van der Waals surface area contributed by atoms with Gasteiger partial charge in [-0.05, 0) is 24.2 Å². The summed E-state index contributed by atoms with van der Waals surface area (Å²) in [5, 5.41) is 9.21. The van der Waals surface area contributed by atoms with E-state index in [9.17, 15) is 9.59 Å². The highest BCUT2D eigenvalue weighted by molar-refractivity contribution is 8.15. The van der Waals surface area contributed by atoms with Crippen molar-refractivity contribution in [2.75, 3.05) is 26.7 Å². The lowest BCUT2D eigenvalue weighted by molar-refractivity contribution is -0.108. The second kappa shape index (κ2) is 9.52. The molecule has 9 nitrogen and oxygen atoms in total. The standard InChI is InChI=1S/C14H13N3O2S.C7H12N2O2/c1-19-13-11-12(20-14(17-11)16-8-18)10(7-15-13)9-5-3-2-4-6-9;10-6-9-5-7(11-6)1-3-8-4-2-7/h2-8,11-12H,1H3,(H,16,17,18);8H,1-5H2,(H,9,10). The Balaban J connectivity index is 0.000000177. The summed E-state index contributed by atoms with van der Waals surface area (Å²) in [6.07, 6.45) is 4.07. The predicted molar refractivity (Wildman–Crippen MR) is 120 cm³/mol. The number of alkyl carbamates (subject to hydrolysis) is 1. The highest BCUT2D eigenvalue weighted by Crippen LogP contribution is 2.39. The lowest BCUT2D eigenvalue weighted by Crippen LogP contribution is -2.44. The lowest BCUT2D eigenvalue weighted by Gasteiger charge is -2.30. The predicted octanol–water partition coefficient (Wildman–Crippen LogP) is 1.52. The van der Waals surface area contributed by atoms with E-state index in [-0.39, 0.29) is 23.0 Å². The summed E-state index contributed by atoms with van der Waals surface area (Å²) in [4.78, 5) is 30.2. The van der Waals surface area contributed by atoms with Crippen LogP contribution in [0, 0.1) is 0 Å². The van der Waals surface area contributed by atoms with Crippen LogP contribution in [-0.2, 0) is 14.3 Å². The summed E-state index contributed by atoms with van der Waals surface area (Å²) in [6, 6.07) is 9.86. The normalized spacial score (nSPS) is 25.6. The number of fused-ring (bicyclic) bond motifs is 1. The van der Waals surface area contributed by atoms with Crippen molar-refractivity contribution in [3.05, 3.63) is 42.1 Å². The van der Waals surface area contributed by atoms with Gasteiger partial charge in [0.2, 0.25) is 12.3 Å². The number of amidine groups is 1. The molecule has 1 aromatic rings. The van der Waals surface area contributed by atoms with Crippen LogP contribution >= 0.6 is 11.8 Å². The van der Waals surface area contributed by atoms with E-state index in [2.05, 4.69) is 25.9 Å². The average Bonchev–Trinajstić information content (AvgIpc) is 3.38. The number of carbonyl (C=O) groups excluding carboxylic acids is 2. The molecular formula is C21H25N5O4S. The first-order valence-electron chi connectivity index (χ1n) is 10.1. The zero-order valence-corrected chi connectivity index (χ0v) is 18.0. The van der Waals surface area contributed by atoms with Crippen LogP contribution in [-0.4, -0.2) is 67.2 Å². The minimum atomic E-state index is -0.257. The highest BCUT2D eigenvalue weighted by atomic mass is 32.2. The van der Waals surface area contributed by atoms with Gasteiger partial charge in [0, 0.05) is 19.0 Å². The van der Waals surface area contributed by atoms with E-state index in [1.54, 1.807) is 7.11 Å². The summed E-state index contributed by atoms with van der Waals surface area (Å²) < 4.78 is 10.5. The molecule has 1 spiro atoms. The van der Waals surface area contributed by atoms with E-state index in [0.717, 1.165) is 37.1 Å². The fourth-order valence-corrected chi connectivity index (χ4v) is 5.10. The summed E-state index contributed by atoms with van der Waals surface area (Å²) in [5.74, 6) is 0.574. The zero-order chi connectivity index (χ0) is 21.7. The fraction of sp³-hybridized carbons (Fsp3) is 0.429. The number of amides is 2. The molecule has 4 aliphatic heterocycles.